The maximum atomic E-state index is 12.7. The number of likely N-dealkylation sites (N-methyl/N-ethyl adjacent to an activating group) is 1. The van der Waals surface area contributed by atoms with Gasteiger partial charge < -0.3 is 29.1 Å². The van der Waals surface area contributed by atoms with E-state index in [2.05, 4.69) is 13.8 Å². The fourth-order valence-corrected chi connectivity index (χ4v) is 6.68. The van der Waals surface area contributed by atoms with E-state index in [1.165, 1.54) is 70.6 Å². The summed E-state index contributed by atoms with van der Waals surface area (Å²) in [5.41, 5.74) is 0. The van der Waals surface area contributed by atoms with Gasteiger partial charge in [-0.05, 0) is 32.1 Å². The Balaban J connectivity index is 4.57. The molecule has 338 valence electrons. The minimum atomic E-state index is -4.43. The summed E-state index contributed by atoms with van der Waals surface area (Å²) in [6, 6.07) is 0. The number of rotatable bonds is 40. The molecule has 0 amide bonds. The molecule has 0 spiro atoms. The van der Waals surface area contributed by atoms with Crippen LogP contribution in [0.15, 0.2) is 48.6 Å². The first-order valence-corrected chi connectivity index (χ1v) is 24.1. The first-order valence-electron chi connectivity index (χ1n) is 22.6. The van der Waals surface area contributed by atoms with Crippen molar-refractivity contribution in [1.82, 2.24) is 0 Å². The lowest BCUT2D eigenvalue weighted by Gasteiger charge is -2.24. The molecule has 11 nitrogen and oxygen atoms in total. The molecule has 4 atom stereocenters. The van der Waals surface area contributed by atoms with Gasteiger partial charge in [0.05, 0.1) is 40.0 Å². The zero-order valence-corrected chi connectivity index (χ0v) is 38.1. The van der Waals surface area contributed by atoms with Gasteiger partial charge in [0.1, 0.15) is 19.8 Å². The maximum Gasteiger partial charge on any atom is 0.472 e. The van der Waals surface area contributed by atoms with Crippen molar-refractivity contribution in [2.75, 3.05) is 47.5 Å². The Morgan fingerprint density at radius 2 is 1.07 bits per heavy atom. The second-order valence-electron chi connectivity index (χ2n) is 16.5. The zero-order chi connectivity index (χ0) is 43.2. The van der Waals surface area contributed by atoms with E-state index in [1.54, 1.807) is 18.2 Å². The summed E-state index contributed by atoms with van der Waals surface area (Å²) < 4.78 is 34.1. The largest absolute Gasteiger partial charge is 0.472 e. The highest BCUT2D eigenvalue weighted by molar-refractivity contribution is 7.47. The molecule has 0 fully saturated rings. The van der Waals surface area contributed by atoms with Gasteiger partial charge in [-0.3, -0.25) is 18.6 Å². The van der Waals surface area contributed by atoms with Crippen LogP contribution >= 0.6 is 7.82 Å². The van der Waals surface area contributed by atoms with Crippen molar-refractivity contribution in [3.63, 3.8) is 0 Å². The van der Waals surface area contributed by atoms with Crippen LogP contribution in [0.3, 0.4) is 0 Å². The number of phosphoric ester groups is 1. The zero-order valence-electron chi connectivity index (χ0n) is 37.2. The van der Waals surface area contributed by atoms with E-state index in [0.29, 0.717) is 36.7 Å². The molecule has 0 aromatic carbocycles. The fraction of sp³-hybridized carbons (Fsp3) is 0.783. The Morgan fingerprint density at radius 3 is 1.59 bits per heavy atom. The minimum absolute atomic E-state index is 0.00576. The average Bonchev–Trinajstić information content (AvgIpc) is 3.16. The summed E-state index contributed by atoms with van der Waals surface area (Å²) in [5.74, 6) is -1.02. The molecule has 0 aromatic rings. The van der Waals surface area contributed by atoms with Gasteiger partial charge in [-0.15, -0.1) is 0 Å². The fourth-order valence-electron chi connectivity index (χ4n) is 5.93. The lowest BCUT2D eigenvalue weighted by Crippen LogP contribution is -2.37. The lowest BCUT2D eigenvalue weighted by molar-refractivity contribution is -0.870. The molecule has 0 aliphatic rings. The number of ether oxygens (including phenoxy) is 2. The van der Waals surface area contributed by atoms with E-state index in [9.17, 15) is 29.3 Å². The van der Waals surface area contributed by atoms with Crippen molar-refractivity contribution in [2.45, 2.75) is 186 Å². The van der Waals surface area contributed by atoms with Crippen LogP contribution in [0.5, 0.6) is 0 Å². The predicted molar refractivity (Wildman–Crippen MR) is 236 cm³/mol. The van der Waals surface area contributed by atoms with Crippen molar-refractivity contribution in [3.05, 3.63) is 48.6 Å². The number of hydrogen-bond donors (Lipinski definition) is 3. The summed E-state index contributed by atoms with van der Waals surface area (Å²) in [6.45, 7) is 4.06. The van der Waals surface area contributed by atoms with E-state index >= 15 is 0 Å². The first-order chi connectivity index (χ1) is 27.8. The number of aliphatic hydroxyl groups is 2. The number of hydrogen-bond acceptors (Lipinski definition) is 9. The Bertz CT molecular complexity index is 1170. The number of aliphatic hydroxyl groups excluding tert-OH is 2. The molecule has 58 heavy (non-hydrogen) atoms. The second kappa shape index (κ2) is 37.9. The molecule has 0 heterocycles. The molecule has 0 rings (SSSR count). The van der Waals surface area contributed by atoms with Gasteiger partial charge in [-0.25, -0.2) is 4.57 Å². The van der Waals surface area contributed by atoms with Gasteiger partial charge in [0.2, 0.25) is 0 Å². The molecule has 1 unspecified atom stereocenters. The number of nitrogens with zero attached hydrogens (tertiary/aromatic N) is 1. The van der Waals surface area contributed by atoms with Crippen LogP contribution in [0.1, 0.15) is 168 Å². The van der Waals surface area contributed by atoms with Crippen LogP contribution in [-0.4, -0.2) is 97.3 Å². The summed E-state index contributed by atoms with van der Waals surface area (Å²) in [4.78, 5) is 35.4. The van der Waals surface area contributed by atoms with Crippen LogP contribution in [0.2, 0.25) is 0 Å². The molecule has 0 saturated heterocycles. The Morgan fingerprint density at radius 1 is 0.603 bits per heavy atom. The Hall–Kier alpha value is -2.11. The average molecular weight is 843 g/mol. The molecule has 0 aliphatic heterocycles. The van der Waals surface area contributed by atoms with Crippen LogP contribution in [0, 0.1) is 0 Å². The third-order valence-corrected chi connectivity index (χ3v) is 10.6. The van der Waals surface area contributed by atoms with Gasteiger partial charge in [-0.2, -0.15) is 0 Å². The number of carbonyl (C=O) groups excluding carboxylic acids is 2. The summed E-state index contributed by atoms with van der Waals surface area (Å²) in [7, 11) is 1.35. The van der Waals surface area contributed by atoms with Crippen LogP contribution < -0.4 is 0 Å². The molecule has 12 heteroatoms. The molecule has 0 aromatic heterocycles. The minimum Gasteiger partial charge on any atom is -0.462 e. The molecular formula is C46H85NO10P+. The Labute approximate surface area is 353 Å². The van der Waals surface area contributed by atoms with Crippen molar-refractivity contribution >= 4 is 19.8 Å². The summed E-state index contributed by atoms with van der Waals surface area (Å²) >= 11 is 0. The molecule has 0 radical (unpaired) electrons. The quantitative estimate of drug-likeness (QED) is 0.0179. The highest BCUT2D eigenvalue weighted by Crippen LogP contribution is 2.43. The second-order valence-corrected chi connectivity index (χ2v) is 17.9. The van der Waals surface area contributed by atoms with Crippen LogP contribution in [0.4, 0.5) is 0 Å². The van der Waals surface area contributed by atoms with Gasteiger partial charge in [0, 0.05) is 12.8 Å². The van der Waals surface area contributed by atoms with E-state index in [0.717, 1.165) is 44.9 Å². The number of carbonyl (C=O) groups is 2. The van der Waals surface area contributed by atoms with E-state index in [1.807, 2.05) is 51.5 Å². The third kappa shape index (κ3) is 40.7. The van der Waals surface area contributed by atoms with E-state index in [-0.39, 0.29) is 26.1 Å². The molecule has 3 N–H and O–H groups in total. The SMILES string of the molecule is CCCCCCCCCCCCCCCCCC(=O)O[C@H](COC(=O)CCC[C@@H](O)/C=C/C=C\C/C=C\C=C\[C@@H](O)CCCCC)COP(=O)(O)OCC[N+](C)(C)C. The van der Waals surface area contributed by atoms with E-state index in [4.69, 9.17) is 18.5 Å². The monoisotopic (exact) mass is 843 g/mol. The topological polar surface area (TPSA) is 149 Å². The van der Waals surface area contributed by atoms with Crippen molar-refractivity contribution < 1.29 is 52.3 Å². The standard InChI is InChI=1S/C46H84NO10P/c1-6-8-10-11-12-13-14-15-16-17-18-19-23-26-30-36-46(51)57-44(41-56-58(52,53)55-39-38-47(3,4)5)40-54-45(50)37-31-35-43(49)34-29-25-22-20-21-24-28-33-42(48)32-27-9-7-2/h21-22,24-25,28-29,33-34,42-44,48-49H,6-20,23,26-27,30-32,35-41H2,1-5H3/p+1/b24-21-,25-22-,33-28+,34-29+/t42-,43-,44+/m0/s1. The van der Waals surface area contributed by atoms with Gasteiger partial charge in [0.25, 0.3) is 0 Å². The van der Waals surface area contributed by atoms with E-state index < -0.39 is 44.7 Å². The first kappa shape index (κ1) is 55.9. The van der Waals surface area contributed by atoms with Crippen molar-refractivity contribution in [1.29, 1.82) is 0 Å². The van der Waals surface area contributed by atoms with Crippen LogP contribution in [-0.2, 0) is 32.7 Å². The normalized spacial score (nSPS) is 15.1. The number of quaternary nitrogens is 1. The highest BCUT2D eigenvalue weighted by atomic mass is 31.2. The molecule has 0 bridgehead atoms. The number of esters is 2. The number of phosphoric acid groups is 1. The van der Waals surface area contributed by atoms with Gasteiger partial charge in [0.15, 0.2) is 6.10 Å². The third-order valence-electron chi connectivity index (χ3n) is 9.57. The lowest BCUT2D eigenvalue weighted by atomic mass is 10.0. The predicted octanol–water partition coefficient (Wildman–Crippen LogP) is 10.6. The van der Waals surface area contributed by atoms with Crippen LogP contribution in [0.25, 0.3) is 0 Å². The van der Waals surface area contributed by atoms with Crippen molar-refractivity contribution in [2.24, 2.45) is 0 Å². The van der Waals surface area contributed by atoms with Crippen molar-refractivity contribution in [3.8, 4) is 0 Å². The van der Waals surface area contributed by atoms with Gasteiger partial charge >= 0.3 is 19.8 Å². The van der Waals surface area contributed by atoms with Gasteiger partial charge in [-0.1, -0.05) is 172 Å². The Kier molecular flexibility index (Phi) is 36.5. The number of unbranched alkanes of at least 4 members (excludes halogenated alkanes) is 16. The summed E-state index contributed by atoms with van der Waals surface area (Å²) in [5, 5.41) is 20.2. The summed E-state index contributed by atoms with van der Waals surface area (Å²) in [6.07, 6.45) is 36.6. The maximum absolute atomic E-state index is 12.7. The molecule has 0 aliphatic carbocycles. The number of allylic oxidation sites excluding steroid dienone is 6. The smallest absolute Gasteiger partial charge is 0.462 e. The molecule has 0 saturated carbocycles. The highest BCUT2D eigenvalue weighted by Gasteiger charge is 2.27. The molecular weight excluding hydrogens is 757 g/mol.